The van der Waals surface area contributed by atoms with E-state index in [9.17, 15) is 8.42 Å². The zero-order chi connectivity index (χ0) is 12.2. The van der Waals surface area contributed by atoms with Crippen molar-refractivity contribution >= 4 is 9.84 Å². The van der Waals surface area contributed by atoms with Crippen LogP contribution in [-0.2, 0) is 16.3 Å². The lowest BCUT2D eigenvalue weighted by Crippen LogP contribution is -2.04. The van der Waals surface area contributed by atoms with E-state index in [1.165, 1.54) is 6.26 Å². The Bertz CT molecular complexity index is 449. The summed E-state index contributed by atoms with van der Waals surface area (Å²) in [5.74, 6) is 0.460. The lowest BCUT2D eigenvalue weighted by atomic mass is 10.2. The Hall–Kier alpha value is -1.03. The van der Waals surface area contributed by atoms with Gasteiger partial charge in [0.25, 0.3) is 0 Å². The minimum Gasteiger partial charge on any atom is -0.492 e. The van der Waals surface area contributed by atoms with Crippen molar-refractivity contribution in [2.24, 2.45) is 0 Å². The van der Waals surface area contributed by atoms with Crippen molar-refractivity contribution < 1.29 is 13.2 Å². The van der Waals surface area contributed by atoms with Crippen molar-refractivity contribution in [3.05, 3.63) is 23.8 Å². The quantitative estimate of drug-likeness (QED) is 0.796. The normalized spacial score (nSPS) is 11.4. The highest BCUT2D eigenvalue weighted by Crippen LogP contribution is 2.25. The second-order valence-corrected chi connectivity index (χ2v) is 5.74. The molecule has 90 valence electrons. The summed E-state index contributed by atoms with van der Waals surface area (Å²) < 4.78 is 28.6. The summed E-state index contributed by atoms with van der Waals surface area (Å²) in [6, 6.07) is 5.34. The predicted molar refractivity (Wildman–Crippen MR) is 64.7 cm³/mol. The number of rotatable bonds is 5. The molecule has 0 aliphatic carbocycles. The molecule has 3 nitrogen and oxygen atoms in total. The van der Waals surface area contributed by atoms with Gasteiger partial charge in [0.1, 0.15) is 10.6 Å². The van der Waals surface area contributed by atoms with E-state index in [1.807, 2.05) is 19.9 Å². The number of aryl methyl sites for hydroxylation is 1. The minimum atomic E-state index is -3.22. The van der Waals surface area contributed by atoms with Crippen LogP contribution in [0.5, 0.6) is 5.75 Å². The molecular formula is C12H18O3S. The average molecular weight is 242 g/mol. The van der Waals surface area contributed by atoms with Gasteiger partial charge in [-0.15, -0.1) is 0 Å². The van der Waals surface area contributed by atoms with Crippen molar-refractivity contribution in [1.82, 2.24) is 0 Å². The number of ether oxygens (including phenoxy) is 1. The van der Waals surface area contributed by atoms with Gasteiger partial charge >= 0.3 is 0 Å². The number of hydrogen-bond acceptors (Lipinski definition) is 3. The van der Waals surface area contributed by atoms with Crippen molar-refractivity contribution in [1.29, 1.82) is 0 Å². The molecule has 0 aromatic heterocycles. The van der Waals surface area contributed by atoms with Crippen molar-refractivity contribution in [3.63, 3.8) is 0 Å². The monoisotopic (exact) mass is 242 g/mol. The van der Waals surface area contributed by atoms with Gasteiger partial charge < -0.3 is 4.74 Å². The number of hydrogen-bond donors (Lipinski definition) is 0. The van der Waals surface area contributed by atoms with Gasteiger partial charge in [-0.25, -0.2) is 8.42 Å². The summed E-state index contributed by atoms with van der Waals surface area (Å²) in [5.41, 5.74) is 1.00. The fourth-order valence-corrected chi connectivity index (χ4v) is 2.25. The van der Waals surface area contributed by atoms with Crippen LogP contribution in [0.2, 0.25) is 0 Å². The zero-order valence-electron chi connectivity index (χ0n) is 9.99. The Morgan fingerprint density at radius 2 is 1.94 bits per heavy atom. The van der Waals surface area contributed by atoms with Crippen LogP contribution >= 0.6 is 0 Å². The van der Waals surface area contributed by atoms with E-state index < -0.39 is 9.84 Å². The van der Waals surface area contributed by atoms with E-state index in [0.717, 1.165) is 18.4 Å². The average Bonchev–Trinajstić information content (AvgIpc) is 2.25. The molecule has 0 amide bonds. The SMILES string of the molecule is CCCOc1ccc(CC)cc1S(C)(=O)=O. The van der Waals surface area contributed by atoms with Crippen LogP contribution in [0.3, 0.4) is 0 Å². The third-order valence-corrected chi connectivity index (χ3v) is 3.40. The summed E-state index contributed by atoms with van der Waals surface area (Å²) in [6.45, 7) is 4.52. The summed E-state index contributed by atoms with van der Waals surface area (Å²) in [6.07, 6.45) is 2.88. The van der Waals surface area contributed by atoms with E-state index in [4.69, 9.17) is 4.74 Å². The molecular weight excluding hydrogens is 224 g/mol. The maximum absolute atomic E-state index is 11.6. The molecule has 0 N–H and O–H groups in total. The Morgan fingerprint density at radius 1 is 1.25 bits per heavy atom. The Kier molecular flexibility index (Phi) is 4.35. The van der Waals surface area contributed by atoms with Gasteiger partial charge in [-0.05, 0) is 30.5 Å². The first-order valence-corrected chi connectivity index (χ1v) is 7.34. The van der Waals surface area contributed by atoms with Crippen LogP contribution < -0.4 is 4.74 Å². The summed E-state index contributed by atoms with van der Waals surface area (Å²) in [4.78, 5) is 0.292. The molecule has 1 rings (SSSR count). The third-order valence-electron chi connectivity index (χ3n) is 2.28. The molecule has 4 heteroatoms. The summed E-state index contributed by atoms with van der Waals surface area (Å²) in [5, 5.41) is 0. The van der Waals surface area contributed by atoms with Gasteiger partial charge in [-0.3, -0.25) is 0 Å². The second kappa shape index (κ2) is 5.34. The first-order chi connectivity index (χ1) is 7.49. The van der Waals surface area contributed by atoms with Crippen LogP contribution in [0.15, 0.2) is 23.1 Å². The van der Waals surface area contributed by atoms with Crippen LogP contribution in [0.1, 0.15) is 25.8 Å². The van der Waals surface area contributed by atoms with Crippen LogP contribution in [-0.4, -0.2) is 21.3 Å². The smallest absolute Gasteiger partial charge is 0.179 e. The van der Waals surface area contributed by atoms with E-state index in [-0.39, 0.29) is 0 Å². The summed E-state index contributed by atoms with van der Waals surface area (Å²) >= 11 is 0. The zero-order valence-corrected chi connectivity index (χ0v) is 10.8. The molecule has 0 bridgehead atoms. The topological polar surface area (TPSA) is 43.4 Å². The Labute approximate surface area is 97.4 Å². The molecule has 0 aliphatic heterocycles. The molecule has 0 unspecified atom stereocenters. The molecule has 0 saturated carbocycles. The highest BCUT2D eigenvalue weighted by Gasteiger charge is 2.14. The molecule has 0 spiro atoms. The van der Waals surface area contributed by atoms with E-state index >= 15 is 0 Å². The van der Waals surface area contributed by atoms with Crippen molar-refractivity contribution in [2.45, 2.75) is 31.6 Å². The fraction of sp³-hybridized carbons (Fsp3) is 0.500. The van der Waals surface area contributed by atoms with Gasteiger partial charge in [-0.1, -0.05) is 19.9 Å². The van der Waals surface area contributed by atoms with E-state index in [0.29, 0.717) is 17.3 Å². The molecule has 0 heterocycles. The predicted octanol–water partition coefficient (Wildman–Crippen LogP) is 2.44. The minimum absolute atomic E-state index is 0.292. The van der Waals surface area contributed by atoms with Gasteiger partial charge in [-0.2, -0.15) is 0 Å². The number of benzene rings is 1. The molecule has 0 atom stereocenters. The van der Waals surface area contributed by atoms with Gasteiger partial charge in [0.05, 0.1) is 6.61 Å². The molecule has 1 aromatic carbocycles. The van der Waals surface area contributed by atoms with Gasteiger partial charge in [0.15, 0.2) is 9.84 Å². The molecule has 0 radical (unpaired) electrons. The van der Waals surface area contributed by atoms with Crippen LogP contribution in [0.25, 0.3) is 0 Å². The van der Waals surface area contributed by atoms with Crippen molar-refractivity contribution in [3.8, 4) is 5.75 Å². The molecule has 0 fully saturated rings. The van der Waals surface area contributed by atoms with Crippen molar-refractivity contribution in [2.75, 3.05) is 12.9 Å². The maximum Gasteiger partial charge on any atom is 0.179 e. The van der Waals surface area contributed by atoms with Crippen LogP contribution in [0, 0.1) is 0 Å². The summed E-state index contributed by atoms with van der Waals surface area (Å²) in [7, 11) is -3.22. The highest BCUT2D eigenvalue weighted by atomic mass is 32.2. The van der Waals surface area contributed by atoms with E-state index in [2.05, 4.69) is 0 Å². The van der Waals surface area contributed by atoms with Gasteiger partial charge in [0, 0.05) is 6.26 Å². The van der Waals surface area contributed by atoms with E-state index in [1.54, 1.807) is 12.1 Å². The Morgan fingerprint density at radius 3 is 2.44 bits per heavy atom. The van der Waals surface area contributed by atoms with Gasteiger partial charge in [0.2, 0.25) is 0 Å². The largest absolute Gasteiger partial charge is 0.492 e. The third kappa shape index (κ3) is 3.23. The maximum atomic E-state index is 11.6. The first-order valence-electron chi connectivity index (χ1n) is 5.44. The number of sulfone groups is 1. The molecule has 16 heavy (non-hydrogen) atoms. The first kappa shape index (κ1) is 13.0. The molecule has 0 aliphatic rings. The standard InChI is InChI=1S/C12H18O3S/c1-4-8-15-11-7-6-10(5-2)9-12(11)16(3,13)14/h6-7,9H,4-5,8H2,1-3H3. The Balaban J connectivity index is 3.17. The molecule has 0 saturated heterocycles. The molecule has 1 aromatic rings. The lowest BCUT2D eigenvalue weighted by Gasteiger charge is -2.10. The highest BCUT2D eigenvalue weighted by molar-refractivity contribution is 7.90. The lowest BCUT2D eigenvalue weighted by molar-refractivity contribution is 0.309. The fourth-order valence-electron chi connectivity index (χ4n) is 1.39. The second-order valence-electron chi connectivity index (χ2n) is 3.76. The van der Waals surface area contributed by atoms with Crippen LogP contribution in [0.4, 0.5) is 0 Å².